The van der Waals surface area contributed by atoms with Crippen LogP contribution in [0.25, 0.3) is 0 Å². The van der Waals surface area contributed by atoms with Crippen molar-refractivity contribution in [2.45, 2.75) is 5.79 Å². The Morgan fingerprint density at radius 1 is 0.875 bits per heavy atom. The first kappa shape index (κ1) is 21.1. The smallest absolute Gasteiger partial charge is 0.308 e. The van der Waals surface area contributed by atoms with Crippen LogP contribution >= 0.6 is 23.2 Å². The van der Waals surface area contributed by atoms with Crippen LogP contribution < -0.4 is 9.47 Å². The number of morpholine rings is 1. The Balaban J connectivity index is 1.61. The van der Waals surface area contributed by atoms with Crippen molar-refractivity contribution in [3.05, 3.63) is 93.2 Å². The van der Waals surface area contributed by atoms with Crippen molar-refractivity contribution >= 4 is 29.1 Å². The molecule has 2 aliphatic rings. The summed E-state index contributed by atoms with van der Waals surface area (Å²) in [6, 6.07) is 16.6. The monoisotopic (exact) mass is 473 g/mol. The topological polar surface area (TPSA) is 48.0 Å². The van der Waals surface area contributed by atoms with Crippen LogP contribution in [0.4, 0.5) is 4.39 Å². The first-order valence-electron chi connectivity index (χ1n) is 10.1. The Labute approximate surface area is 194 Å². The highest BCUT2D eigenvalue weighted by molar-refractivity contribution is 6.32. The van der Waals surface area contributed by atoms with Gasteiger partial charge in [0.05, 0.1) is 39.9 Å². The van der Waals surface area contributed by atoms with E-state index >= 15 is 0 Å². The van der Waals surface area contributed by atoms with Crippen molar-refractivity contribution < 1.29 is 23.4 Å². The lowest BCUT2D eigenvalue weighted by Gasteiger charge is -2.30. The van der Waals surface area contributed by atoms with Gasteiger partial charge in [0, 0.05) is 19.2 Å². The quantitative estimate of drug-likeness (QED) is 0.519. The average molecular weight is 474 g/mol. The molecule has 0 atom stereocenters. The SMILES string of the molecule is O=C(c1cc2c(cc1F)OC(c1ccccc1Cl)(c1ccccc1Cl)O2)N1CCOCC1. The van der Waals surface area contributed by atoms with Crippen LogP contribution in [0.2, 0.25) is 10.0 Å². The molecule has 2 aliphatic heterocycles. The summed E-state index contributed by atoms with van der Waals surface area (Å²) in [7, 11) is 0. The summed E-state index contributed by atoms with van der Waals surface area (Å²) in [6.07, 6.45) is 0. The van der Waals surface area contributed by atoms with Gasteiger partial charge in [-0.25, -0.2) is 4.39 Å². The van der Waals surface area contributed by atoms with E-state index in [0.29, 0.717) is 47.5 Å². The van der Waals surface area contributed by atoms with E-state index in [1.807, 2.05) is 0 Å². The van der Waals surface area contributed by atoms with Crippen molar-refractivity contribution in [2.24, 2.45) is 0 Å². The fourth-order valence-corrected chi connectivity index (χ4v) is 4.47. The van der Waals surface area contributed by atoms with Gasteiger partial charge in [-0.1, -0.05) is 47.5 Å². The van der Waals surface area contributed by atoms with Gasteiger partial charge in [0.2, 0.25) is 0 Å². The summed E-state index contributed by atoms with van der Waals surface area (Å²) in [4.78, 5) is 14.5. The van der Waals surface area contributed by atoms with E-state index in [0.717, 1.165) is 0 Å². The van der Waals surface area contributed by atoms with Crippen molar-refractivity contribution in [2.75, 3.05) is 26.3 Å². The maximum Gasteiger partial charge on any atom is 0.308 e. The Morgan fingerprint density at radius 2 is 1.41 bits per heavy atom. The van der Waals surface area contributed by atoms with Crippen molar-refractivity contribution in [1.82, 2.24) is 4.90 Å². The lowest BCUT2D eigenvalue weighted by atomic mass is 9.97. The molecule has 0 aliphatic carbocycles. The minimum atomic E-state index is -1.54. The predicted octanol–water partition coefficient (Wildman–Crippen LogP) is 5.28. The molecule has 0 bridgehead atoms. The first-order valence-corrected chi connectivity index (χ1v) is 10.8. The van der Waals surface area contributed by atoms with Gasteiger partial charge in [0.1, 0.15) is 5.82 Å². The zero-order valence-electron chi connectivity index (χ0n) is 16.8. The highest BCUT2D eigenvalue weighted by Gasteiger charge is 2.48. The second kappa shape index (κ2) is 8.28. The maximum atomic E-state index is 15.0. The number of hydrogen-bond acceptors (Lipinski definition) is 4. The molecule has 0 N–H and O–H groups in total. The van der Waals surface area contributed by atoms with E-state index in [2.05, 4.69) is 0 Å². The zero-order valence-corrected chi connectivity index (χ0v) is 18.3. The van der Waals surface area contributed by atoms with Gasteiger partial charge >= 0.3 is 5.79 Å². The van der Waals surface area contributed by atoms with Gasteiger partial charge in [-0.05, 0) is 30.3 Å². The first-order chi connectivity index (χ1) is 15.5. The van der Waals surface area contributed by atoms with Gasteiger partial charge in [0.25, 0.3) is 5.91 Å². The third-order valence-electron chi connectivity index (χ3n) is 5.53. The molecular formula is C24H18Cl2FNO4. The van der Waals surface area contributed by atoms with Crippen molar-refractivity contribution in [3.8, 4) is 11.5 Å². The Hall–Kier alpha value is -2.80. The molecule has 164 valence electrons. The molecule has 0 saturated carbocycles. The summed E-state index contributed by atoms with van der Waals surface area (Å²) in [5, 5.41) is 0.788. The number of carbonyl (C=O) groups excluding carboxylic acids is 1. The number of rotatable bonds is 3. The van der Waals surface area contributed by atoms with Crippen LogP contribution in [-0.2, 0) is 10.5 Å². The highest BCUT2D eigenvalue weighted by atomic mass is 35.5. The minimum absolute atomic E-state index is 0.0941. The van der Waals surface area contributed by atoms with E-state index in [-0.39, 0.29) is 17.1 Å². The molecule has 5 rings (SSSR count). The number of carbonyl (C=O) groups is 1. The summed E-state index contributed by atoms with van der Waals surface area (Å²) in [5.41, 5.74) is 0.920. The van der Waals surface area contributed by atoms with Crippen LogP contribution in [0.15, 0.2) is 60.7 Å². The molecule has 5 nitrogen and oxygen atoms in total. The number of halogens is 3. The fourth-order valence-electron chi connectivity index (χ4n) is 3.95. The predicted molar refractivity (Wildman–Crippen MR) is 118 cm³/mol. The molecule has 0 unspecified atom stereocenters. The summed E-state index contributed by atoms with van der Waals surface area (Å²) in [5.74, 6) is -2.28. The zero-order chi connectivity index (χ0) is 22.3. The number of nitrogens with zero attached hydrogens (tertiary/aromatic N) is 1. The number of fused-ring (bicyclic) bond motifs is 1. The Morgan fingerprint density at radius 3 is 1.97 bits per heavy atom. The van der Waals surface area contributed by atoms with Crippen LogP contribution in [-0.4, -0.2) is 37.1 Å². The van der Waals surface area contributed by atoms with Gasteiger partial charge in [-0.2, -0.15) is 0 Å². The highest BCUT2D eigenvalue weighted by Crippen LogP contribution is 2.51. The number of hydrogen-bond donors (Lipinski definition) is 0. The van der Waals surface area contributed by atoms with Crippen molar-refractivity contribution in [1.29, 1.82) is 0 Å². The molecule has 1 saturated heterocycles. The molecule has 32 heavy (non-hydrogen) atoms. The lowest BCUT2D eigenvalue weighted by Crippen LogP contribution is -2.41. The van der Waals surface area contributed by atoms with Gasteiger partial charge in [-0.3, -0.25) is 4.79 Å². The van der Waals surface area contributed by atoms with Gasteiger partial charge < -0.3 is 19.1 Å². The molecule has 2 heterocycles. The van der Waals surface area contributed by atoms with Crippen LogP contribution in [0.5, 0.6) is 11.5 Å². The van der Waals surface area contributed by atoms with Gasteiger partial charge in [0.15, 0.2) is 11.5 Å². The molecule has 1 amide bonds. The normalized spacial score (nSPS) is 16.8. The minimum Gasteiger partial charge on any atom is -0.440 e. The second-order valence-corrected chi connectivity index (χ2v) is 8.28. The maximum absolute atomic E-state index is 15.0. The summed E-state index contributed by atoms with van der Waals surface area (Å²) < 4.78 is 32.8. The third kappa shape index (κ3) is 3.48. The van der Waals surface area contributed by atoms with Crippen LogP contribution in [0, 0.1) is 5.82 Å². The van der Waals surface area contributed by atoms with Crippen LogP contribution in [0.3, 0.4) is 0 Å². The second-order valence-electron chi connectivity index (χ2n) is 7.46. The number of amides is 1. The average Bonchev–Trinajstić information content (AvgIpc) is 3.18. The van der Waals surface area contributed by atoms with Gasteiger partial charge in [-0.15, -0.1) is 0 Å². The molecule has 0 radical (unpaired) electrons. The Kier molecular flexibility index (Phi) is 5.45. The number of ether oxygens (including phenoxy) is 3. The van der Waals surface area contributed by atoms with E-state index in [1.54, 1.807) is 53.4 Å². The standard InChI is InChI=1S/C24H18Cl2FNO4/c25-18-7-3-1-5-16(18)24(17-6-2-4-8-19(17)26)31-21-13-15(20(27)14-22(21)32-24)23(29)28-9-11-30-12-10-28/h1-8,13-14H,9-12H2. The van der Waals surface area contributed by atoms with Crippen LogP contribution in [0.1, 0.15) is 21.5 Å². The largest absolute Gasteiger partial charge is 0.440 e. The van der Waals surface area contributed by atoms with Crippen molar-refractivity contribution in [3.63, 3.8) is 0 Å². The molecule has 1 fully saturated rings. The van der Waals surface area contributed by atoms with E-state index < -0.39 is 17.5 Å². The number of benzene rings is 3. The molecule has 3 aromatic rings. The molecule has 3 aromatic carbocycles. The van der Waals surface area contributed by atoms with E-state index in [1.165, 1.54) is 12.1 Å². The molecule has 0 aromatic heterocycles. The fraction of sp³-hybridized carbons (Fsp3) is 0.208. The summed E-state index contributed by atoms with van der Waals surface area (Å²) >= 11 is 13.0. The molecular weight excluding hydrogens is 456 g/mol. The van der Waals surface area contributed by atoms with E-state index in [4.69, 9.17) is 37.4 Å². The third-order valence-corrected chi connectivity index (χ3v) is 6.19. The van der Waals surface area contributed by atoms with E-state index in [9.17, 15) is 9.18 Å². The molecule has 0 spiro atoms. The summed E-state index contributed by atoms with van der Waals surface area (Å²) in [6.45, 7) is 1.63. The Bertz CT molecular complexity index is 1150. The lowest BCUT2D eigenvalue weighted by molar-refractivity contribution is -0.0457. The molecule has 8 heteroatoms.